The van der Waals surface area contributed by atoms with Crippen molar-refractivity contribution in [3.05, 3.63) is 36.4 Å². The molecule has 7 heteroatoms. The lowest BCUT2D eigenvalue weighted by molar-refractivity contribution is -0.114. The van der Waals surface area contributed by atoms with E-state index in [4.69, 9.17) is 5.73 Å². The highest BCUT2D eigenvalue weighted by Gasteiger charge is 2.28. The van der Waals surface area contributed by atoms with Crippen molar-refractivity contribution < 1.29 is 13.2 Å². The first-order chi connectivity index (χ1) is 11.6. The lowest BCUT2D eigenvalue weighted by Gasteiger charge is -2.28. The number of nitrogens with one attached hydrogen (secondary N) is 1. The van der Waals surface area contributed by atoms with Crippen molar-refractivity contribution in [3.63, 3.8) is 0 Å². The van der Waals surface area contributed by atoms with Gasteiger partial charge in [0.15, 0.2) is 0 Å². The molecular formula is C18H25N3O3S. The standard InChI is InChI=1S/C18H25N3O3S/c1-13(22)20-16-9-10-17(15-8-6-5-7-14(15)16)25(23,24)21(4)12-18(2,3)11-19/h5-10H,11-12,19H2,1-4H3,(H,20,22). The predicted molar refractivity (Wildman–Crippen MR) is 101 cm³/mol. The number of sulfonamides is 1. The Morgan fingerprint density at radius 3 is 2.32 bits per heavy atom. The normalized spacial score (nSPS) is 12.6. The Hall–Kier alpha value is -1.96. The molecule has 0 fully saturated rings. The highest BCUT2D eigenvalue weighted by Crippen LogP contribution is 2.31. The Kier molecular flexibility index (Phi) is 5.51. The fourth-order valence-corrected chi connectivity index (χ4v) is 4.27. The zero-order valence-electron chi connectivity index (χ0n) is 15.0. The molecule has 0 heterocycles. The number of fused-ring (bicyclic) bond motifs is 1. The van der Waals surface area contributed by atoms with Gasteiger partial charge in [-0.05, 0) is 24.1 Å². The van der Waals surface area contributed by atoms with E-state index in [0.29, 0.717) is 29.5 Å². The van der Waals surface area contributed by atoms with Gasteiger partial charge in [-0.15, -0.1) is 0 Å². The van der Waals surface area contributed by atoms with Crippen molar-refractivity contribution in [1.82, 2.24) is 4.31 Å². The van der Waals surface area contributed by atoms with E-state index in [1.54, 1.807) is 31.3 Å². The van der Waals surface area contributed by atoms with Gasteiger partial charge in [0.1, 0.15) is 0 Å². The molecule has 1 amide bonds. The Balaban J connectivity index is 2.55. The molecule has 0 aliphatic rings. The van der Waals surface area contributed by atoms with Gasteiger partial charge in [0.2, 0.25) is 15.9 Å². The Labute approximate surface area is 149 Å². The van der Waals surface area contributed by atoms with Crippen LogP contribution in [0.5, 0.6) is 0 Å². The Morgan fingerprint density at radius 1 is 1.16 bits per heavy atom. The van der Waals surface area contributed by atoms with Crippen LogP contribution in [-0.2, 0) is 14.8 Å². The maximum atomic E-state index is 13.1. The highest BCUT2D eigenvalue weighted by molar-refractivity contribution is 7.89. The summed E-state index contributed by atoms with van der Waals surface area (Å²) in [6.45, 7) is 5.97. The van der Waals surface area contributed by atoms with Gasteiger partial charge in [-0.1, -0.05) is 38.1 Å². The molecule has 6 nitrogen and oxygen atoms in total. The summed E-state index contributed by atoms with van der Waals surface area (Å²) in [6, 6.07) is 10.3. The molecule has 0 atom stereocenters. The second-order valence-corrected chi connectivity index (χ2v) is 8.98. The number of nitrogens with two attached hydrogens (primary N) is 1. The number of anilines is 1. The SMILES string of the molecule is CC(=O)Nc1ccc(S(=O)(=O)N(C)CC(C)(C)CN)c2ccccc12. The van der Waals surface area contributed by atoms with E-state index >= 15 is 0 Å². The highest BCUT2D eigenvalue weighted by atomic mass is 32.2. The maximum absolute atomic E-state index is 13.1. The fourth-order valence-electron chi connectivity index (χ4n) is 2.72. The van der Waals surface area contributed by atoms with Crippen molar-refractivity contribution in [2.45, 2.75) is 25.7 Å². The average Bonchev–Trinajstić information content (AvgIpc) is 2.54. The lowest BCUT2D eigenvalue weighted by atomic mass is 9.94. The van der Waals surface area contributed by atoms with Gasteiger partial charge >= 0.3 is 0 Å². The topological polar surface area (TPSA) is 92.5 Å². The van der Waals surface area contributed by atoms with Crippen LogP contribution in [-0.4, -0.2) is 38.8 Å². The zero-order valence-corrected chi connectivity index (χ0v) is 15.9. The van der Waals surface area contributed by atoms with Gasteiger partial charge in [-0.3, -0.25) is 4.79 Å². The van der Waals surface area contributed by atoms with Gasteiger partial charge in [0.25, 0.3) is 0 Å². The number of rotatable bonds is 6. The monoisotopic (exact) mass is 363 g/mol. The molecule has 0 aromatic heterocycles. The molecule has 0 bridgehead atoms. The third-order valence-electron chi connectivity index (χ3n) is 4.09. The third-order valence-corrected chi connectivity index (χ3v) is 5.95. The van der Waals surface area contributed by atoms with Crippen LogP contribution in [0.3, 0.4) is 0 Å². The first kappa shape index (κ1) is 19.4. The summed E-state index contributed by atoms with van der Waals surface area (Å²) in [4.78, 5) is 11.6. The van der Waals surface area contributed by atoms with E-state index in [1.807, 2.05) is 19.9 Å². The minimum atomic E-state index is -3.69. The molecule has 2 aromatic rings. The quantitative estimate of drug-likeness (QED) is 0.824. The van der Waals surface area contributed by atoms with Crippen LogP contribution in [0.4, 0.5) is 5.69 Å². The molecule has 3 N–H and O–H groups in total. The minimum absolute atomic E-state index is 0.206. The molecule has 0 radical (unpaired) electrons. The van der Waals surface area contributed by atoms with Crippen LogP contribution in [0, 0.1) is 5.41 Å². The van der Waals surface area contributed by atoms with Gasteiger partial charge < -0.3 is 11.1 Å². The van der Waals surface area contributed by atoms with Gasteiger partial charge in [-0.2, -0.15) is 0 Å². The molecule has 2 rings (SSSR count). The average molecular weight is 363 g/mol. The molecule has 0 aliphatic heterocycles. The molecule has 25 heavy (non-hydrogen) atoms. The van der Waals surface area contributed by atoms with E-state index in [-0.39, 0.29) is 16.2 Å². The van der Waals surface area contributed by atoms with Crippen LogP contribution in [0.2, 0.25) is 0 Å². The summed E-state index contributed by atoms with van der Waals surface area (Å²) in [6.07, 6.45) is 0. The molecular weight excluding hydrogens is 338 g/mol. The fraction of sp³-hybridized carbons (Fsp3) is 0.389. The molecule has 0 saturated carbocycles. The van der Waals surface area contributed by atoms with Crippen LogP contribution in [0.25, 0.3) is 10.8 Å². The van der Waals surface area contributed by atoms with Crippen LogP contribution < -0.4 is 11.1 Å². The van der Waals surface area contributed by atoms with Crippen LogP contribution in [0.1, 0.15) is 20.8 Å². The van der Waals surface area contributed by atoms with E-state index in [9.17, 15) is 13.2 Å². The maximum Gasteiger partial charge on any atom is 0.243 e. The van der Waals surface area contributed by atoms with Crippen molar-refractivity contribution in [2.75, 3.05) is 25.5 Å². The van der Waals surface area contributed by atoms with Crippen LogP contribution >= 0.6 is 0 Å². The number of hydrogen-bond acceptors (Lipinski definition) is 4. The van der Waals surface area contributed by atoms with E-state index in [0.717, 1.165) is 0 Å². The number of carbonyl (C=O) groups is 1. The number of hydrogen-bond donors (Lipinski definition) is 2. The van der Waals surface area contributed by atoms with Crippen LogP contribution in [0.15, 0.2) is 41.3 Å². The molecule has 0 spiro atoms. The smallest absolute Gasteiger partial charge is 0.243 e. The third kappa shape index (κ3) is 4.18. The summed E-state index contributed by atoms with van der Waals surface area (Å²) in [7, 11) is -2.13. The number of nitrogens with zero attached hydrogens (tertiary/aromatic N) is 1. The zero-order chi connectivity index (χ0) is 18.8. The van der Waals surface area contributed by atoms with Crippen molar-refractivity contribution in [3.8, 4) is 0 Å². The largest absolute Gasteiger partial charge is 0.330 e. The number of amides is 1. The Bertz CT molecular complexity index is 892. The first-order valence-corrected chi connectivity index (χ1v) is 9.48. The second kappa shape index (κ2) is 7.11. The van der Waals surface area contributed by atoms with E-state index < -0.39 is 10.0 Å². The van der Waals surface area contributed by atoms with E-state index in [1.165, 1.54) is 17.3 Å². The van der Waals surface area contributed by atoms with Crippen molar-refractivity contribution in [1.29, 1.82) is 0 Å². The minimum Gasteiger partial charge on any atom is -0.330 e. The molecule has 0 unspecified atom stereocenters. The first-order valence-electron chi connectivity index (χ1n) is 8.04. The van der Waals surface area contributed by atoms with Gasteiger partial charge in [0.05, 0.1) is 4.90 Å². The molecule has 2 aromatic carbocycles. The summed E-state index contributed by atoms with van der Waals surface area (Å²) in [5, 5.41) is 4.00. The van der Waals surface area contributed by atoms with Gasteiger partial charge in [0, 0.05) is 37.0 Å². The predicted octanol–water partition coefficient (Wildman–Crippen LogP) is 2.40. The number of carbonyl (C=O) groups excluding carboxylic acids is 1. The van der Waals surface area contributed by atoms with Gasteiger partial charge in [-0.25, -0.2) is 12.7 Å². The molecule has 0 aliphatic carbocycles. The van der Waals surface area contributed by atoms with Crippen molar-refractivity contribution >= 4 is 32.4 Å². The summed E-state index contributed by atoms with van der Waals surface area (Å²) in [5.41, 5.74) is 6.00. The van der Waals surface area contributed by atoms with E-state index in [2.05, 4.69) is 5.32 Å². The second-order valence-electron chi connectivity index (χ2n) is 6.97. The summed E-state index contributed by atoms with van der Waals surface area (Å²) in [5.74, 6) is -0.206. The summed E-state index contributed by atoms with van der Waals surface area (Å²) < 4.78 is 27.5. The summed E-state index contributed by atoms with van der Waals surface area (Å²) >= 11 is 0. The van der Waals surface area contributed by atoms with Crippen molar-refractivity contribution in [2.24, 2.45) is 11.1 Å². The molecule has 136 valence electrons. The lowest BCUT2D eigenvalue weighted by Crippen LogP contribution is -2.39. The Morgan fingerprint density at radius 2 is 1.76 bits per heavy atom. The number of benzene rings is 2. The molecule has 0 saturated heterocycles.